The number of rotatable bonds is 7. The van der Waals surface area contributed by atoms with Gasteiger partial charge < -0.3 is 0 Å². The molecule has 0 atom stereocenters. The minimum atomic E-state index is 1.06. The Morgan fingerprint density at radius 1 is 0.789 bits per heavy atom. The molecular formula is C18H34S. The second-order valence-corrected chi connectivity index (χ2v) is 4.82. The molecule has 1 aromatic carbocycles. The molecule has 0 saturated heterocycles. The van der Waals surface area contributed by atoms with Gasteiger partial charge in [0.25, 0.3) is 0 Å². The number of hydrogen-bond acceptors (Lipinski definition) is 1. The van der Waals surface area contributed by atoms with Crippen molar-refractivity contribution < 1.29 is 0 Å². The van der Waals surface area contributed by atoms with Gasteiger partial charge in [-0.05, 0) is 24.2 Å². The Morgan fingerprint density at radius 2 is 1.37 bits per heavy atom. The maximum Gasteiger partial charge on any atom is -0.00979 e. The number of benzene rings is 1. The van der Waals surface area contributed by atoms with Gasteiger partial charge in [0.1, 0.15) is 0 Å². The van der Waals surface area contributed by atoms with E-state index in [1.807, 2.05) is 13.8 Å². The lowest BCUT2D eigenvalue weighted by molar-refractivity contribution is 0.660. The van der Waals surface area contributed by atoms with Crippen LogP contribution in [0, 0.1) is 0 Å². The number of unbranched alkanes of at least 4 members (excludes halogenated alkanes) is 4. The maximum atomic E-state index is 4.12. The van der Waals surface area contributed by atoms with Gasteiger partial charge in [-0.2, -0.15) is 12.6 Å². The zero-order valence-corrected chi connectivity index (χ0v) is 14.4. The van der Waals surface area contributed by atoms with E-state index in [0.29, 0.717) is 0 Å². The van der Waals surface area contributed by atoms with E-state index >= 15 is 0 Å². The molecule has 0 N–H and O–H groups in total. The van der Waals surface area contributed by atoms with Crippen LogP contribution in [0.5, 0.6) is 0 Å². The molecule has 1 heteroatoms. The van der Waals surface area contributed by atoms with E-state index in [-0.39, 0.29) is 0 Å². The Labute approximate surface area is 127 Å². The molecule has 1 rings (SSSR count). The van der Waals surface area contributed by atoms with Crippen LogP contribution in [0.25, 0.3) is 0 Å². The zero-order chi connectivity index (χ0) is 14.8. The molecule has 0 radical (unpaired) electrons. The molecule has 0 aliphatic heterocycles. The summed E-state index contributed by atoms with van der Waals surface area (Å²) in [6.45, 7) is 8.44. The summed E-state index contributed by atoms with van der Waals surface area (Å²) >= 11 is 4.12. The van der Waals surface area contributed by atoms with Crippen LogP contribution >= 0.6 is 12.6 Å². The van der Waals surface area contributed by atoms with Gasteiger partial charge in [-0.25, -0.2) is 0 Å². The molecule has 0 fully saturated rings. The number of hydrogen-bond donors (Lipinski definition) is 1. The molecule has 112 valence electrons. The van der Waals surface area contributed by atoms with E-state index < -0.39 is 0 Å². The SMILES string of the molecule is CC.CCCCCCCS.CCCc1ccccc1. The van der Waals surface area contributed by atoms with Crippen LogP contribution in [-0.4, -0.2) is 5.75 Å². The molecule has 0 aromatic heterocycles. The Balaban J connectivity index is 0. The molecule has 0 saturated carbocycles. The highest BCUT2D eigenvalue weighted by atomic mass is 32.1. The summed E-state index contributed by atoms with van der Waals surface area (Å²) in [7, 11) is 0. The minimum Gasteiger partial charge on any atom is -0.179 e. The second-order valence-electron chi connectivity index (χ2n) is 4.37. The van der Waals surface area contributed by atoms with E-state index in [9.17, 15) is 0 Å². The third-order valence-electron chi connectivity index (χ3n) is 2.64. The van der Waals surface area contributed by atoms with Crippen molar-refractivity contribution in [2.75, 3.05) is 5.75 Å². The molecule has 0 bridgehead atoms. The largest absolute Gasteiger partial charge is 0.179 e. The second kappa shape index (κ2) is 19.9. The van der Waals surface area contributed by atoms with Crippen LogP contribution in [0.3, 0.4) is 0 Å². The summed E-state index contributed by atoms with van der Waals surface area (Å²) in [6.07, 6.45) is 9.25. The lowest BCUT2D eigenvalue weighted by atomic mass is 10.1. The van der Waals surface area contributed by atoms with Crippen LogP contribution in [-0.2, 0) is 6.42 Å². The van der Waals surface area contributed by atoms with Crippen molar-refractivity contribution in [3.05, 3.63) is 35.9 Å². The van der Waals surface area contributed by atoms with Gasteiger partial charge in [0, 0.05) is 0 Å². The summed E-state index contributed by atoms with van der Waals surface area (Å²) in [5.74, 6) is 1.06. The average Bonchev–Trinajstić information content (AvgIpc) is 2.48. The maximum absolute atomic E-state index is 4.12. The lowest BCUT2D eigenvalue weighted by Crippen LogP contribution is -1.78. The highest BCUT2D eigenvalue weighted by Gasteiger charge is 1.84. The van der Waals surface area contributed by atoms with E-state index in [4.69, 9.17) is 0 Å². The first-order chi connectivity index (χ1) is 9.35. The third-order valence-corrected chi connectivity index (χ3v) is 2.96. The van der Waals surface area contributed by atoms with Crippen molar-refractivity contribution >= 4 is 12.6 Å². The molecular weight excluding hydrogens is 248 g/mol. The molecule has 19 heavy (non-hydrogen) atoms. The van der Waals surface area contributed by atoms with Crippen molar-refractivity contribution in [2.45, 2.75) is 72.6 Å². The molecule has 0 aliphatic carbocycles. The van der Waals surface area contributed by atoms with Crippen molar-refractivity contribution in [1.29, 1.82) is 0 Å². The number of thiol groups is 1. The number of aryl methyl sites for hydroxylation is 1. The van der Waals surface area contributed by atoms with Crippen LogP contribution in [0.4, 0.5) is 0 Å². The summed E-state index contributed by atoms with van der Waals surface area (Å²) in [5, 5.41) is 0. The fourth-order valence-electron chi connectivity index (χ4n) is 1.65. The minimum absolute atomic E-state index is 1.06. The zero-order valence-electron chi connectivity index (χ0n) is 13.5. The van der Waals surface area contributed by atoms with Gasteiger partial charge in [-0.3, -0.25) is 0 Å². The first kappa shape index (κ1) is 20.9. The Morgan fingerprint density at radius 3 is 1.84 bits per heavy atom. The summed E-state index contributed by atoms with van der Waals surface area (Å²) in [6, 6.07) is 10.6. The Kier molecular flexibility index (Phi) is 21.9. The van der Waals surface area contributed by atoms with Crippen LogP contribution in [0.2, 0.25) is 0 Å². The predicted octanol–water partition coefficient (Wildman–Crippen LogP) is 6.55. The molecule has 0 nitrogen and oxygen atoms in total. The van der Waals surface area contributed by atoms with Gasteiger partial charge in [0.2, 0.25) is 0 Å². The molecule has 1 aromatic rings. The van der Waals surface area contributed by atoms with Crippen LogP contribution in [0.15, 0.2) is 30.3 Å². The smallest absolute Gasteiger partial charge is 0.00979 e. The van der Waals surface area contributed by atoms with Crippen molar-refractivity contribution in [1.82, 2.24) is 0 Å². The van der Waals surface area contributed by atoms with Gasteiger partial charge >= 0.3 is 0 Å². The van der Waals surface area contributed by atoms with Gasteiger partial charge in [-0.1, -0.05) is 90.1 Å². The summed E-state index contributed by atoms with van der Waals surface area (Å²) in [4.78, 5) is 0. The van der Waals surface area contributed by atoms with Crippen LogP contribution in [0.1, 0.15) is 71.8 Å². The molecule has 0 spiro atoms. The lowest BCUT2D eigenvalue weighted by Gasteiger charge is -1.93. The van der Waals surface area contributed by atoms with Crippen molar-refractivity contribution in [3.63, 3.8) is 0 Å². The van der Waals surface area contributed by atoms with Gasteiger partial charge in [-0.15, -0.1) is 0 Å². The predicted molar refractivity (Wildman–Crippen MR) is 94.4 cm³/mol. The van der Waals surface area contributed by atoms with Crippen molar-refractivity contribution in [3.8, 4) is 0 Å². The van der Waals surface area contributed by atoms with E-state index in [1.54, 1.807) is 0 Å². The van der Waals surface area contributed by atoms with E-state index in [2.05, 4.69) is 56.8 Å². The fraction of sp³-hybridized carbons (Fsp3) is 0.667. The monoisotopic (exact) mass is 282 g/mol. The molecule has 0 unspecified atom stereocenters. The summed E-state index contributed by atoms with van der Waals surface area (Å²) in [5.41, 5.74) is 1.44. The van der Waals surface area contributed by atoms with E-state index in [1.165, 1.54) is 50.5 Å². The van der Waals surface area contributed by atoms with Gasteiger partial charge in [0.05, 0.1) is 0 Å². The average molecular weight is 283 g/mol. The van der Waals surface area contributed by atoms with Crippen LogP contribution < -0.4 is 0 Å². The Hall–Kier alpha value is -0.430. The van der Waals surface area contributed by atoms with E-state index in [0.717, 1.165) is 5.75 Å². The Bertz CT molecular complexity index is 225. The first-order valence-corrected chi connectivity index (χ1v) is 8.63. The molecule has 0 amide bonds. The summed E-state index contributed by atoms with van der Waals surface area (Å²) < 4.78 is 0. The standard InChI is InChI=1S/C9H12.C7H16S.C2H6/c1-2-6-9-7-4-3-5-8-9;1-2-3-4-5-6-7-8;1-2/h3-5,7-8H,2,6H2,1H3;8H,2-7H2,1H3;1-2H3. The molecule has 0 heterocycles. The van der Waals surface area contributed by atoms with Gasteiger partial charge in [0.15, 0.2) is 0 Å². The normalized spacial score (nSPS) is 8.89. The first-order valence-electron chi connectivity index (χ1n) is 7.99. The third kappa shape index (κ3) is 17.6. The topological polar surface area (TPSA) is 0 Å². The molecule has 0 aliphatic rings. The fourth-order valence-corrected chi connectivity index (χ4v) is 1.87. The quantitative estimate of drug-likeness (QED) is 0.425. The highest BCUT2D eigenvalue weighted by Crippen LogP contribution is 2.02. The van der Waals surface area contributed by atoms with Crippen molar-refractivity contribution in [2.24, 2.45) is 0 Å². The highest BCUT2D eigenvalue weighted by molar-refractivity contribution is 7.80.